The lowest BCUT2D eigenvalue weighted by Gasteiger charge is -2.10. The van der Waals surface area contributed by atoms with Gasteiger partial charge in [-0.2, -0.15) is 0 Å². The summed E-state index contributed by atoms with van der Waals surface area (Å²) in [6.07, 6.45) is -3.55. The zero-order valence-corrected chi connectivity index (χ0v) is 11.0. The number of nitrogens with zero attached hydrogens (tertiary/aromatic N) is 1. The van der Waals surface area contributed by atoms with Gasteiger partial charge in [0, 0.05) is 6.07 Å². The largest absolute Gasteiger partial charge is 0.573 e. The quantitative estimate of drug-likeness (QED) is 0.463. The summed E-state index contributed by atoms with van der Waals surface area (Å²) in [6, 6.07) is 6.60. The second kappa shape index (κ2) is 6.94. The predicted octanol–water partition coefficient (Wildman–Crippen LogP) is 2.90. The average molecular weight is 317 g/mol. The van der Waals surface area contributed by atoms with Gasteiger partial charge in [-0.05, 0) is 17.7 Å². The first kappa shape index (κ1) is 15.8. The number of ether oxygens (including phenoxy) is 3. The van der Waals surface area contributed by atoms with Crippen LogP contribution in [-0.4, -0.2) is 24.3 Å². The van der Waals surface area contributed by atoms with Crippen molar-refractivity contribution in [3.05, 3.63) is 47.9 Å². The molecule has 0 aliphatic carbocycles. The van der Waals surface area contributed by atoms with Crippen molar-refractivity contribution < 1.29 is 36.7 Å². The van der Waals surface area contributed by atoms with Gasteiger partial charge in [0.2, 0.25) is 0 Å². The van der Waals surface area contributed by atoms with Crippen LogP contribution in [0.2, 0.25) is 0 Å². The Kier molecular flexibility index (Phi) is 4.99. The van der Waals surface area contributed by atoms with Crippen molar-refractivity contribution in [2.75, 3.05) is 6.79 Å². The molecule has 0 atom stereocenters. The van der Waals surface area contributed by atoms with Crippen LogP contribution in [0.1, 0.15) is 16.1 Å². The standard InChI is InChI=1S/C13H10F3NO5/c14-13(15,16)22-10-3-1-2-9(6-10)7-19-8-20-12(18)11-4-5-21-17-11/h1-6H,7-8H2. The first-order valence-electron chi connectivity index (χ1n) is 5.94. The SMILES string of the molecule is O=C(OCOCc1cccc(OC(F)(F)F)c1)c1ccon1. The lowest BCUT2D eigenvalue weighted by atomic mass is 10.2. The Balaban J connectivity index is 1.77. The van der Waals surface area contributed by atoms with Gasteiger partial charge < -0.3 is 18.7 Å². The minimum atomic E-state index is -4.76. The molecule has 0 amide bonds. The molecule has 0 fully saturated rings. The molecule has 0 N–H and O–H groups in total. The highest BCUT2D eigenvalue weighted by Gasteiger charge is 2.31. The fourth-order valence-corrected chi connectivity index (χ4v) is 1.48. The summed E-state index contributed by atoms with van der Waals surface area (Å²) in [4.78, 5) is 11.4. The van der Waals surface area contributed by atoms with Crippen LogP contribution < -0.4 is 4.74 Å². The third-order valence-electron chi connectivity index (χ3n) is 2.32. The molecule has 118 valence electrons. The van der Waals surface area contributed by atoms with E-state index < -0.39 is 12.3 Å². The Labute approximate surface area is 122 Å². The van der Waals surface area contributed by atoms with E-state index in [0.29, 0.717) is 5.56 Å². The summed E-state index contributed by atoms with van der Waals surface area (Å²) >= 11 is 0. The summed E-state index contributed by atoms with van der Waals surface area (Å²) in [5, 5.41) is 3.37. The van der Waals surface area contributed by atoms with Crippen LogP contribution in [0.3, 0.4) is 0 Å². The van der Waals surface area contributed by atoms with Crippen LogP contribution in [0, 0.1) is 0 Å². The third-order valence-corrected chi connectivity index (χ3v) is 2.32. The zero-order chi connectivity index (χ0) is 16.0. The molecule has 1 heterocycles. The predicted molar refractivity (Wildman–Crippen MR) is 64.7 cm³/mol. The first-order chi connectivity index (χ1) is 10.4. The van der Waals surface area contributed by atoms with Crippen LogP contribution in [0.25, 0.3) is 0 Å². The lowest BCUT2D eigenvalue weighted by molar-refractivity contribution is -0.274. The molecule has 0 unspecified atom stereocenters. The molecule has 2 aromatic rings. The van der Waals surface area contributed by atoms with Gasteiger partial charge in [0.05, 0.1) is 6.61 Å². The number of carbonyl (C=O) groups excluding carboxylic acids is 1. The van der Waals surface area contributed by atoms with Crippen molar-refractivity contribution in [3.63, 3.8) is 0 Å². The molecule has 1 aromatic carbocycles. The lowest BCUT2D eigenvalue weighted by Crippen LogP contribution is -2.17. The molecule has 0 aliphatic rings. The Morgan fingerprint density at radius 2 is 2.09 bits per heavy atom. The maximum Gasteiger partial charge on any atom is 0.573 e. The monoisotopic (exact) mass is 317 g/mol. The number of hydrogen-bond donors (Lipinski definition) is 0. The normalized spacial score (nSPS) is 11.2. The molecule has 1 aromatic heterocycles. The molecular weight excluding hydrogens is 307 g/mol. The maximum absolute atomic E-state index is 12.1. The van der Waals surface area contributed by atoms with Gasteiger partial charge >= 0.3 is 12.3 Å². The summed E-state index contributed by atoms with van der Waals surface area (Å²) in [5.74, 6) is -1.09. The zero-order valence-electron chi connectivity index (χ0n) is 11.0. The Morgan fingerprint density at radius 1 is 1.27 bits per heavy atom. The molecule has 0 aliphatic heterocycles. The van der Waals surface area contributed by atoms with Crippen LogP contribution in [-0.2, 0) is 16.1 Å². The van der Waals surface area contributed by atoms with Crippen LogP contribution in [0.15, 0.2) is 41.1 Å². The number of halogens is 3. The van der Waals surface area contributed by atoms with Gasteiger partial charge in [0.25, 0.3) is 0 Å². The van der Waals surface area contributed by atoms with Gasteiger partial charge in [-0.3, -0.25) is 0 Å². The highest BCUT2D eigenvalue weighted by atomic mass is 19.4. The molecule has 22 heavy (non-hydrogen) atoms. The van der Waals surface area contributed by atoms with Gasteiger partial charge in [0.1, 0.15) is 12.0 Å². The van der Waals surface area contributed by atoms with E-state index in [0.717, 1.165) is 0 Å². The van der Waals surface area contributed by atoms with Gasteiger partial charge in [0.15, 0.2) is 12.5 Å². The Bertz CT molecular complexity index is 612. The number of aromatic nitrogens is 1. The Morgan fingerprint density at radius 3 is 2.77 bits per heavy atom. The van der Waals surface area contributed by atoms with Gasteiger partial charge in [-0.15, -0.1) is 13.2 Å². The summed E-state index contributed by atoms with van der Waals surface area (Å²) < 4.78 is 54.2. The van der Waals surface area contributed by atoms with Gasteiger partial charge in [-0.1, -0.05) is 17.3 Å². The fourth-order valence-electron chi connectivity index (χ4n) is 1.48. The fraction of sp³-hybridized carbons (Fsp3) is 0.231. The maximum atomic E-state index is 12.1. The summed E-state index contributed by atoms with van der Waals surface area (Å²) in [6.45, 7) is -0.433. The molecule has 0 saturated carbocycles. The minimum absolute atomic E-state index is 0.0100. The topological polar surface area (TPSA) is 70.8 Å². The third kappa shape index (κ3) is 5.09. The van der Waals surface area contributed by atoms with Crippen molar-refractivity contribution in [3.8, 4) is 5.75 Å². The second-order valence-corrected chi connectivity index (χ2v) is 3.98. The average Bonchev–Trinajstić information content (AvgIpc) is 2.96. The van der Waals surface area contributed by atoms with E-state index in [4.69, 9.17) is 9.47 Å². The van der Waals surface area contributed by atoms with E-state index in [1.54, 1.807) is 6.07 Å². The first-order valence-corrected chi connectivity index (χ1v) is 5.94. The number of carbonyl (C=O) groups is 1. The molecule has 0 bridgehead atoms. The van der Waals surface area contributed by atoms with E-state index in [2.05, 4.69) is 14.4 Å². The van der Waals surface area contributed by atoms with Crippen molar-refractivity contribution in [2.24, 2.45) is 0 Å². The molecule has 2 rings (SSSR count). The van der Waals surface area contributed by atoms with Gasteiger partial charge in [-0.25, -0.2) is 4.79 Å². The number of benzene rings is 1. The highest BCUT2D eigenvalue weighted by molar-refractivity contribution is 5.86. The summed E-state index contributed by atoms with van der Waals surface area (Å²) in [7, 11) is 0. The van der Waals surface area contributed by atoms with E-state index in [1.165, 1.54) is 30.5 Å². The van der Waals surface area contributed by atoms with E-state index >= 15 is 0 Å². The van der Waals surface area contributed by atoms with E-state index in [-0.39, 0.29) is 24.8 Å². The van der Waals surface area contributed by atoms with Crippen molar-refractivity contribution >= 4 is 5.97 Å². The number of hydrogen-bond acceptors (Lipinski definition) is 6. The van der Waals surface area contributed by atoms with Crippen molar-refractivity contribution in [1.29, 1.82) is 0 Å². The highest BCUT2D eigenvalue weighted by Crippen LogP contribution is 2.23. The molecular formula is C13H10F3NO5. The van der Waals surface area contributed by atoms with Crippen LogP contribution in [0.5, 0.6) is 5.75 Å². The molecule has 0 spiro atoms. The van der Waals surface area contributed by atoms with Crippen LogP contribution >= 0.6 is 0 Å². The van der Waals surface area contributed by atoms with Crippen molar-refractivity contribution in [2.45, 2.75) is 13.0 Å². The molecule has 0 saturated heterocycles. The van der Waals surface area contributed by atoms with Crippen molar-refractivity contribution in [1.82, 2.24) is 5.16 Å². The van der Waals surface area contributed by atoms with E-state index in [9.17, 15) is 18.0 Å². The number of esters is 1. The molecule has 9 heteroatoms. The second-order valence-electron chi connectivity index (χ2n) is 3.98. The number of rotatable bonds is 6. The molecule has 0 radical (unpaired) electrons. The number of alkyl halides is 3. The molecule has 6 nitrogen and oxygen atoms in total. The minimum Gasteiger partial charge on any atom is -0.434 e. The van der Waals surface area contributed by atoms with Crippen LogP contribution in [0.4, 0.5) is 13.2 Å². The van der Waals surface area contributed by atoms with E-state index in [1.807, 2.05) is 0 Å². The smallest absolute Gasteiger partial charge is 0.434 e. The Hall–Kier alpha value is -2.55. The summed E-state index contributed by atoms with van der Waals surface area (Å²) in [5.41, 5.74) is 0.420.